The van der Waals surface area contributed by atoms with Crippen LogP contribution < -0.4 is 9.64 Å². The fraction of sp³-hybridized carbons (Fsp3) is 0.286. The van der Waals surface area contributed by atoms with E-state index in [2.05, 4.69) is 0 Å². The molecule has 0 aliphatic heterocycles. The van der Waals surface area contributed by atoms with Crippen LogP contribution in [0.3, 0.4) is 0 Å². The summed E-state index contributed by atoms with van der Waals surface area (Å²) >= 11 is 6.04. The Morgan fingerprint density at radius 2 is 1.96 bits per heavy atom. The number of halogens is 1. The van der Waals surface area contributed by atoms with Gasteiger partial charge in [-0.15, -0.1) is 0 Å². The third kappa shape index (κ3) is 5.73. The highest BCUT2D eigenvalue weighted by molar-refractivity contribution is 6.31. The third-order valence-electron chi connectivity index (χ3n) is 4.09. The molecule has 146 valence electrons. The van der Waals surface area contributed by atoms with E-state index in [4.69, 9.17) is 26.3 Å². The van der Waals surface area contributed by atoms with E-state index in [9.17, 15) is 9.59 Å². The van der Waals surface area contributed by atoms with Crippen LogP contribution in [0.2, 0.25) is 5.02 Å². The van der Waals surface area contributed by atoms with Crippen molar-refractivity contribution in [2.45, 2.75) is 19.8 Å². The van der Waals surface area contributed by atoms with Gasteiger partial charge in [0.25, 0.3) is 5.91 Å². The minimum atomic E-state index is -0.537. The van der Waals surface area contributed by atoms with Crippen LogP contribution in [-0.2, 0) is 20.7 Å². The van der Waals surface area contributed by atoms with Gasteiger partial charge in [0.15, 0.2) is 6.61 Å². The van der Waals surface area contributed by atoms with Crippen LogP contribution in [0.1, 0.15) is 17.5 Å². The van der Waals surface area contributed by atoms with Gasteiger partial charge in [0.1, 0.15) is 5.75 Å². The van der Waals surface area contributed by atoms with Crippen LogP contribution in [0.25, 0.3) is 0 Å². The highest BCUT2D eigenvalue weighted by atomic mass is 35.5. The van der Waals surface area contributed by atoms with Gasteiger partial charge in [-0.25, -0.2) is 0 Å². The van der Waals surface area contributed by atoms with Crippen LogP contribution in [0, 0.1) is 18.3 Å². The number of rotatable bonds is 8. The molecule has 7 heteroatoms. The molecule has 0 bridgehead atoms. The van der Waals surface area contributed by atoms with Crippen molar-refractivity contribution in [1.82, 2.24) is 0 Å². The van der Waals surface area contributed by atoms with Crippen molar-refractivity contribution in [2.24, 2.45) is 0 Å². The summed E-state index contributed by atoms with van der Waals surface area (Å²) in [6, 6.07) is 14.3. The van der Waals surface area contributed by atoms with E-state index in [0.29, 0.717) is 22.0 Å². The predicted molar refractivity (Wildman–Crippen MR) is 106 cm³/mol. The van der Waals surface area contributed by atoms with Gasteiger partial charge in [0, 0.05) is 22.8 Å². The number of amides is 1. The number of anilines is 1. The number of hydrogen-bond acceptors (Lipinski definition) is 5. The predicted octanol–water partition coefficient (Wildman–Crippen LogP) is 3.69. The van der Waals surface area contributed by atoms with Gasteiger partial charge >= 0.3 is 5.97 Å². The summed E-state index contributed by atoms with van der Waals surface area (Å²) in [5, 5.41) is 9.45. The molecule has 0 saturated heterocycles. The quantitative estimate of drug-likeness (QED) is 0.631. The number of carbonyl (C=O) groups is 2. The number of aryl methyl sites for hydroxylation is 1. The number of esters is 1. The SMILES string of the molecule is COc1ccccc1CC(=O)OCC(=O)N(CCC#N)c1ccc(Cl)c(C)c1. The van der Waals surface area contributed by atoms with Crippen molar-refractivity contribution in [2.75, 3.05) is 25.2 Å². The average Bonchev–Trinajstić information content (AvgIpc) is 2.69. The van der Waals surface area contributed by atoms with Crippen molar-refractivity contribution in [3.8, 4) is 11.8 Å². The molecular weight excluding hydrogens is 380 g/mol. The Labute approximate surface area is 169 Å². The highest BCUT2D eigenvalue weighted by Gasteiger charge is 2.19. The molecule has 0 atom stereocenters. The molecule has 0 saturated carbocycles. The third-order valence-corrected chi connectivity index (χ3v) is 4.51. The molecule has 0 unspecified atom stereocenters. The molecule has 6 nitrogen and oxygen atoms in total. The first kappa shape index (κ1) is 21.3. The van der Waals surface area contributed by atoms with Crippen LogP contribution in [0.15, 0.2) is 42.5 Å². The number of methoxy groups -OCH3 is 1. The van der Waals surface area contributed by atoms with Crippen LogP contribution in [-0.4, -0.2) is 32.1 Å². The highest BCUT2D eigenvalue weighted by Crippen LogP contribution is 2.23. The van der Waals surface area contributed by atoms with Crippen LogP contribution in [0.5, 0.6) is 5.75 Å². The summed E-state index contributed by atoms with van der Waals surface area (Å²) < 4.78 is 10.4. The second-order valence-corrected chi connectivity index (χ2v) is 6.44. The Kier molecular flexibility index (Phi) is 7.85. The summed E-state index contributed by atoms with van der Waals surface area (Å²) in [7, 11) is 1.52. The minimum absolute atomic E-state index is 0.00442. The lowest BCUT2D eigenvalue weighted by Gasteiger charge is -2.22. The van der Waals surface area contributed by atoms with E-state index >= 15 is 0 Å². The van der Waals surface area contributed by atoms with Crippen molar-refractivity contribution in [1.29, 1.82) is 5.26 Å². The summed E-state index contributed by atoms with van der Waals surface area (Å²) in [6.45, 7) is 1.60. The first-order valence-electron chi connectivity index (χ1n) is 8.67. The molecule has 0 fully saturated rings. The number of carbonyl (C=O) groups excluding carboxylic acids is 2. The Bertz CT molecular complexity index is 892. The Hall–Kier alpha value is -3.04. The molecule has 0 aromatic heterocycles. The van der Waals surface area contributed by atoms with Crippen LogP contribution >= 0.6 is 11.6 Å². The van der Waals surface area contributed by atoms with E-state index in [1.165, 1.54) is 12.0 Å². The lowest BCUT2D eigenvalue weighted by molar-refractivity contribution is -0.147. The maximum absolute atomic E-state index is 12.6. The van der Waals surface area contributed by atoms with Gasteiger partial charge in [0.2, 0.25) is 0 Å². The molecule has 0 radical (unpaired) electrons. The van der Waals surface area contributed by atoms with E-state index in [1.807, 2.05) is 13.0 Å². The molecule has 0 N–H and O–H groups in total. The normalized spacial score (nSPS) is 10.1. The number of nitriles is 1. The minimum Gasteiger partial charge on any atom is -0.496 e. The van der Waals surface area contributed by atoms with Gasteiger partial charge < -0.3 is 14.4 Å². The van der Waals surface area contributed by atoms with Crippen molar-refractivity contribution in [3.63, 3.8) is 0 Å². The van der Waals surface area contributed by atoms with Crippen molar-refractivity contribution in [3.05, 3.63) is 58.6 Å². The number of nitrogens with zero attached hydrogens (tertiary/aromatic N) is 2. The van der Waals surface area contributed by atoms with Gasteiger partial charge in [0.05, 0.1) is 26.0 Å². The number of hydrogen-bond donors (Lipinski definition) is 0. The molecular formula is C21H21ClN2O4. The van der Waals surface area contributed by atoms with E-state index in [-0.39, 0.29) is 19.4 Å². The number of benzene rings is 2. The summed E-state index contributed by atoms with van der Waals surface area (Å²) in [5.74, 6) is -0.367. The summed E-state index contributed by atoms with van der Waals surface area (Å²) in [5.41, 5.74) is 2.09. The molecule has 2 rings (SSSR count). The van der Waals surface area contributed by atoms with Gasteiger partial charge in [-0.1, -0.05) is 29.8 Å². The maximum Gasteiger partial charge on any atom is 0.310 e. The monoisotopic (exact) mass is 400 g/mol. The fourth-order valence-corrected chi connectivity index (χ4v) is 2.75. The van der Waals surface area contributed by atoms with Gasteiger partial charge in [-0.3, -0.25) is 9.59 Å². The lowest BCUT2D eigenvalue weighted by atomic mass is 10.1. The van der Waals surface area contributed by atoms with Crippen LogP contribution in [0.4, 0.5) is 5.69 Å². The Balaban J connectivity index is 2.03. The summed E-state index contributed by atoms with van der Waals surface area (Å²) in [4.78, 5) is 26.2. The maximum atomic E-state index is 12.6. The molecule has 0 aliphatic carbocycles. The molecule has 1 amide bonds. The standard InChI is InChI=1S/C21H21ClN2O4/c1-15-12-17(8-9-18(15)22)24(11-5-10-23)20(25)14-28-21(26)13-16-6-3-4-7-19(16)27-2/h3-4,6-9,12H,5,11,13-14H2,1-2H3. The number of ether oxygens (including phenoxy) is 2. The van der Waals surface area contributed by atoms with E-state index < -0.39 is 18.5 Å². The molecule has 0 spiro atoms. The second kappa shape index (κ2) is 10.3. The largest absolute Gasteiger partial charge is 0.496 e. The fourth-order valence-electron chi connectivity index (χ4n) is 2.63. The Morgan fingerprint density at radius 1 is 1.21 bits per heavy atom. The molecule has 28 heavy (non-hydrogen) atoms. The second-order valence-electron chi connectivity index (χ2n) is 6.04. The van der Waals surface area contributed by atoms with Gasteiger partial charge in [-0.2, -0.15) is 5.26 Å². The smallest absolute Gasteiger partial charge is 0.310 e. The first-order valence-corrected chi connectivity index (χ1v) is 9.05. The zero-order valence-electron chi connectivity index (χ0n) is 15.8. The van der Waals surface area contributed by atoms with E-state index in [0.717, 1.165) is 5.56 Å². The van der Waals surface area contributed by atoms with Crippen molar-refractivity contribution < 1.29 is 19.1 Å². The molecule has 2 aromatic rings. The first-order chi connectivity index (χ1) is 13.5. The zero-order chi connectivity index (χ0) is 20.5. The topological polar surface area (TPSA) is 79.6 Å². The Morgan fingerprint density at radius 3 is 2.64 bits per heavy atom. The lowest BCUT2D eigenvalue weighted by Crippen LogP contribution is -2.35. The van der Waals surface area contributed by atoms with Crippen molar-refractivity contribution >= 4 is 29.2 Å². The summed E-state index contributed by atoms with van der Waals surface area (Å²) in [6.07, 6.45) is 0.151. The number of para-hydroxylation sites is 1. The van der Waals surface area contributed by atoms with Gasteiger partial charge in [-0.05, 0) is 36.8 Å². The molecule has 0 aliphatic rings. The zero-order valence-corrected chi connectivity index (χ0v) is 16.5. The average molecular weight is 401 g/mol. The van der Waals surface area contributed by atoms with E-state index in [1.54, 1.807) is 42.5 Å². The molecule has 0 heterocycles. The molecule has 2 aromatic carbocycles.